The van der Waals surface area contributed by atoms with Crippen molar-refractivity contribution < 1.29 is 27.6 Å². The van der Waals surface area contributed by atoms with E-state index in [1.807, 2.05) is 0 Å². The Bertz CT molecular complexity index is 1550. The number of aromatic nitrogens is 2. The van der Waals surface area contributed by atoms with Gasteiger partial charge in [0.05, 0.1) is 22.2 Å². The Morgan fingerprint density at radius 1 is 1.00 bits per heavy atom. The molecule has 0 spiro atoms. The van der Waals surface area contributed by atoms with Crippen molar-refractivity contribution in [1.82, 2.24) is 14.5 Å². The largest absolute Gasteiger partial charge is 0.418 e. The van der Waals surface area contributed by atoms with Crippen LogP contribution in [0.2, 0.25) is 0 Å². The number of fused-ring (bicyclic) bond motifs is 2. The number of carbonyl (C=O) groups is 3. The zero-order chi connectivity index (χ0) is 28.2. The zero-order valence-electron chi connectivity index (χ0n) is 21.0. The molecule has 6 rings (SSSR count). The zero-order valence-corrected chi connectivity index (χ0v) is 22.6. The molecule has 3 atom stereocenters. The van der Waals surface area contributed by atoms with Crippen molar-refractivity contribution in [1.29, 1.82) is 0 Å². The average molecular weight is 589 g/mol. The first-order valence-corrected chi connectivity index (χ1v) is 14.5. The summed E-state index contributed by atoms with van der Waals surface area (Å²) in [5.41, 5.74) is -1.05. The first-order chi connectivity index (χ1) is 19.2. The molecule has 0 aliphatic carbocycles. The highest BCUT2D eigenvalue weighted by Crippen LogP contribution is 2.54. The van der Waals surface area contributed by atoms with Crippen LogP contribution in [0.15, 0.2) is 58.6 Å². The summed E-state index contributed by atoms with van der Waals surface area (Å²) in [4.78, 5) is 60.5. The number of hydrogen-bond acceptors (Lipinski definition) is 7. The van der Waals surface area contributed by atoms with Gasteiger partial charge < -0.3 is 4.90 Å². The highest BCUT2D eigenvalue weighted by Gasteiger charge is 2.57. The van der Waals surface area contributed by atoms with Crippen molar-refractivity contribution in [2.75, 3.05) is 18.0 Å². The molecule has 3 amide bonds. The van der Waals surface area contributed by atoms with Crippen LogP contribution in [0.25, 0.3) is 0 Å². The Morgan fingerprint density at radius 3 is 2.45 bits per heavy atom. The van der Waals surface area contributed by atoms with Gasteiger partial charge in [-0.25, -0.2) is 4.90 Å². The van der Waals surface area contributed by atoms with E-state index in [4.69, 9.17) is 0 Å². The van der Waals surface area contributed by atoms with Crippen LogP contribution in [0.3, 0.4) is 0 Å². The summed E-state index contributed by atoms with van der Waals surface area (Å²) in [6, 6.07) is 7.87. The minimum Gasteiger partial charge on any atom is -0.341 e. The molecule has 0 unspecified atom stereocenters. The van der Waals surface area contributed by atoms with Crippen LogP contribution in [0, 0.1) is 5.92 Å². The number of imide groups is 1. The van der Waals surface area contributed by atoms with Crippen LogP contribution < -0.4 is 9.77 Å². The number of likely N-dealkylation sites (tertiary alicyclic amines) is 1. The lowest BCUT2D eigenvalue weighted by atomic mass is 9.84. The van der Waals surface area contributed by atoms with Crippen LogP contribution in [0.1, 0.15) is 41.2 Å². The molecule has 0 bridgehead atoms. The smallest absolute Gasteiger partial charge is 0.341 e. The van der Waals surface area contributed by atoms with Crippen LogP contribution in [-0.2, 0) is 27.1 Å². The molecule has 3 aliphatic heterocycles. The van der Waals surface area contributed by atoms with Crippen molar-refractivity contribution in [3.63, 3.8) is 0 Å². The number of thioether (sulfide) groups is 1. The topological polar surface area (TPSA) is 92.6 Å². The molecule has 40 heavy (non-hydrogen) atoms. The fourth-order valence-corrected chi connectivity index (χ4v) is 8.47. The van der Waals surface area contributed by atoms with Gasteiger partial charge in [0.15, 0.2) is 0 Å². The summed E-state index contributed by atoms with van der Waals surface area (Å²) < 4.78 is 43.0. The number of carbonyl (C=O) groups excluding carboxylic acids is 3. The van der Waals surface area contributed by atoms with Gasteiger partial charge in [0.25, 0.3) is 0 Å². The Morgan fingerprint density at radius 2 is 1.75 bits per heavy atom. The predicted octanol–water partition coefficient (Wildman–Crippen LogP) is 4.13. The minimum atomic E-state index is -4.78. The number of benzene rings is 1. The third-order valence-corrected chi connectivity index (χ3v) is 10.1. The van der Waals surface area contributed by atoms with Gasteiger partial charge in [-0.15, -0.1) is 0 Å². The number of amides is 3. The van der Waals surface area contributed by atoms with E-state index in [1.54, 1.807) is 17.0 Å². The van der Waals surface area contributed by atoms with Gasteiger partial charge in [-0.1, -0.05) is 41.3 Å². The van der Waals surface area contributed by atoms with Gasteiger partial charge >= 0.3 is 11.0 Å². The van der Waals surface area contributed by atoms with E-state index >= 15 is 0 Å². The van der Waals surface area contributed by atoms with E-state index in [2.05, 4.69) is 4.98 Å². The van der Waals surface area contributed by atoms with Crippen molar-refractivity contribution >= 4 is 46.5 Å². The van der Waals surface area contributed by atoms with Crippen molar-refractivity contribution in [3.05, 3.63) is 74.5 Å². The second-order valence-electron chi connectivity index (χ2n) is 9.92. The number of alkyl halides is 3. The van der Waals surface area contributed by atoms with Crippen LogP contribution in [-0.4, -0.2) is 50.5 Å². The lowest BCUT2D eigenvalue weighted by molar-refractivity contribution is -0.137. The normalized spacial score (nSPS) is 22.8. The Labute approximate surface area is 234 Å². The summed E-state index contributed by atoms with van der Waals surface area (Å²) in [5, 5.41) is -0.695. The van der Waals surface area contributed by atoms with E-state index < -0.39 is 51.2 Å². The summed E-state index contributed by atoms with van der Waals surface area (Å²) in [6.07, 6.45) is 1.09. The van der Waals surface area contributed by atoms with Gasteiger partial charge in [-0.2, -0.15) is 13.2 Å². The van der Waals surface area contributed by atoms with E-state index in [1.165, 1.54) is 29.1 Å². The molecule has 3 aliphatic rings. The molecule has 2 fully saturated rings. The standard InChI is InChI=1S/C27H23F3N4O4S2/c28-27(29,30)16-8-2-3-9-17(16)34-23(36)20-19(15-7-6-10-31-13-15)22-25(39-21(20)24(34)37)33(26(38)40-22)14-18(35)32-11-4-1-5-12-32/h2-3,6-10,13,19-21H,1,4-5,11-12,14H2/t19-,20-,21+/m0/s1. The second-order valence-corrected chi connectivity index (χ2v) is 12.0. The van der Waals surface area contributed by atoms with E-state index in [9.17, 15) is 32.3 Å². The maximum Gasteiger partial charge on any atom is 0.418 e. The lowest BCUT2D eigenvalue weighted by Gasteiger charge is -2.31. The predicted molar refractivity (Wildman–Crippen MR) is 142 cm³/mol. The van der Waals surface area contributed by atoms with Crippen molar-refractivity contribution in [3.8, 4) is 0 Å². The molecular weight excluding hydrogens is 565 g/mol. The van der Waals surface area contributed by atoms with Gasteiger partial charge in [0.1, 0.15) is 11.8 Å². The number of para-hydroxylation sites is 1. The molecule has 208 valence electrons. The average Bonchev–Trinajstić information content (AvgIpc) is 3.39. The Balaban J connectivity index is 1.44. The van der Waals surface area contributed by atoms with E-state index in [0.717, 1.165) is 54.5 Å². The van der Waals surface area contributed by atoms with Crippen LogP contribution in [0.4, 0.5) is 18.9 Å². The van der Waals surface area contributed by atoms with Crippen LogP contribution >= 0.6 is 23.1 Å². The van der Waals surface area contributed by atoms with E-state index in [0.29, 0.717) is 33.5 Å². The van der Waals surface area contributed by atoms with Gasteiger partial charge in [0, 0.05) is 36.3 Å². The number of pyridine rings is 1. The first kappa shape index (κ1) is 26.8. The number of thiazole rings is 1. The number of nitrogens with zero attached hydrogens (tertiary/aromatic N) is 4. The molecule has 1 aromatic carbocycles. The van der Waals surface area contributed by atoms with Gasteiger partial charge in [-0.05, 0) is 43.0 Å². The summed E-state index contributed by atoms with van der Waals surface area (Å²) in [7, 11) is 0. The molecular formula is C27H23F3N4O4S2. The monoisotopic (exact) mass is 588 g/mol. The number of piperidine rings is 1. The molecule has 0 N–H and O–H groups in total. The quantitative estimate of drug-likeness (QED) is 0.426. The molecule has 0 saturated carbocycles. The maximum absolute atomic E-state index is 13.9. The maximum atomic E-state index is 13.9. The van der Waals surface area contributed by atoms with Gasteiger partial charge in [0.2, 0.25) is 17.7 Å². The molecule has 3 aromatic rings. The van der Waals surface area contributed by atoms with Crippen LogP contribution in [0.5, 0.6) is 0 Å². The Hall–Kier alpha value is -3.45. The number of hydrogen-bond donors (Lipinski definition) is 0. The lowest BCUT2D eigenvalue weighted by Crippen LogP contribution is -2.39. The number of rotatable bonds is 4. The fourth-order valence-electron chi connectivity index (χ4n) is 5.70. The molecule has 8 nitrogen and oxygen atoms in total. The molecule has 2 aromatic heterocycles. The molecule has 13 heteroatoms. The summed E-state index contributed by atoms with van der Waals surface area (Å²) in [6.45, 7) is 1.00. The second kappa shape index (κ2) is 10.2. The highest BCUT2D eigenvalue weighted by molar-refractivity contribution is 8.00. The minimum absolute atomic E-state index is 0.211. The Kier molecular flexibility index (Phi) is 6.81. The van der Waals surface area contributed by atoms with Gasteiger partial charge in [-0.3, -0.25) is 28.7 Å². The summed E-state index contributed by atoms with van der Waals surface area (Å²) >= 11 is 1.87. The first-order valence-electron chi connectivity index (χ1n) is 12.8. The van der Waals surface area contributed by atoms with E-state index in [-0.39, 0.29) is 12.5 Å². The fraction of sp³-hybridized carbons (Fsp3) is 0.370. The summed E-state index contributed by atoms with van der Waals surface area (Å²) in [5.74, 6) is -3.62. The number of anilines is 1. The van der Waals surface area contributed by atoms with Crippen molar-refractivity contribution in [2.45, 2.75) is 48.2 Å². The third-order valence-electron chi connectivity index (χ3n) is 7.55. The third kappa shape index (κ3) is 4.44. The molecule has 2 saturated heterocycles. The SMILES string of the molecule is O=C(Cn1c2c(sc1=O)[C@@H](c1cccnc1)[C@@H]1C(=O)N(c3ccccc3C(F)(F)F)C(=O)[C@@H]1S2)N1CCCCC1. The molecule has 0 radical (unpaired) electrons. The highest BCUT2D eigenvalue weighted by atomic mass is 32.2. The molecule has 5 heterocycles. The number of halogens is 3. The van der Waals surface area contributed by atoms with Crippen molar-refractivity contribution in [2.24, 2.45) is 5.92 Å².